The van der Waals surface area contributed by atoms with Crippen LogP contribution in [0, 0.1) is 0 Å². The minimum absolute atomic E-state index is 0.157. The lowest BCUT2D eigenvalue weighted by molar-refractivity contribution is 0.111. The zero-order valence-electron chi connectivity index (χ0n) is 7.48. The van der Waals surface area contributed by atoms with E-state index in [2.05, 4.69) is 0 Å². The summed E-state index contributed by atoms with van der Waals surface area (Å²) >= 11 is 0. The van der Waals surface area contributed by atoms with Crippen LogP contribution in [0.5, 0.6) is 0 Å². The van der Waals surface area contributed by atoms with Gasteiger partial charge < -0.3 is 9.11 Å². The van der Waals surface area contributed by atoms with Crippen molar-refractivity contribution < 1.29 is 30.7 Å². The lowest BCUT2D eigenvalue weighted by atomic mass is 10.2. The predicted molar refractivity (Wildman–Crippen MR) is 47.8 cm³/mol. The zero-order valence-corrected chi connectivity index (χ0v) is 9.12. The predicted octanol–water partition coefficient (Wildman–Crippen LogP) is -0.693. The molecule has 0 aliphatic rings. The van der Waals surface area contributed by atoms with Crippen molar-refractivity contribution in [1.29, 1.82) is 0 Å². The Morgan fingerprint density at radius 2 is 1.31 bits per heavy atom. The molecule has 1 rings (SSSR count). The monoisotopic (exact) mass is 264 g/mol. The number of rotatable bonds is 3. The third-order valence-corrected chi connectivity index (χ3v) is 3.47. The molecular formula is C7H4O7S2-2. The van der Waals surface area contributed by atoms with E-state index >= 15 is 0 Å². The third kappa shape index (κ3) is 2.44. The van der Waals surface area contributed by atoms with Crippen molar-refractivity contribution in [2.24, 2.45) is 0 Å². The van der Waals surface area contributed by atoms with Gasteiger partial charge in [0.2, 0.25) is 0 Å². The first-order valence-corrected chi connectivity index (χ1v) is 6.49. The van der Waals surface area contributed by atoms with Crippen LogP contribution in [0.3, 0.4) is 0 Å². The molecule has 0 atom stereocenters. The molecule has 0 bridgehead atoms. The quantitative estimate of drug-likeness (QED) is 0.521. The molecule has 0 saturated heterocycles. The van der Waals surface area contributed by atoms with Gasteiger partial charge >= 0.3 is 0 Å². The van der Waals surface area contributed by atoms with E-state index in [1.165, 1.54) is 0 Å². The van der Waals surface area contributed by atoms with E-state index in [1.54, 1.807) is 0 Å². The summed E-state index contributed by atoms with van der Waals surface area (Å²) in [6.07, 6.45) is -0.157. The Kier molecular flexibility index (Phi) is 3.15. The number of aldehydes is 1. The highest BCUT2D eigenvalue weighted by molar-refractivity contribution is 7.86. The topological polar surface area (TPSA) is 131 Å². The number of carbonyl (C=O) groups excluding carboxylic acids is 1. The molecule has 1 aromatic rings. The van der Waals surface area contributed by atoms with Gasteiger partial charge in [-0.2, -0.15) is 0 Å². The molecule has 0 radical (unpaired) electrons. The second-order valence-corrected chi connectivity index (χ2v) is 5.39. The summed E-state index contributed by atoms with van der Waals surface area (Å²) in [6, 6.07) is 2.39. The second kappa shape index (κ2) is 3.94. The van der Waals surface area contributed by atoms with E-state index in [9.17, 15) is 30.7 Å². The van der Waals surface area contributed by atoms with Crippen molar-refractivity contribution in [1.82, 2.24) is 0 Å². The fraction of sp³-hybridized carbons (Fsp3) is 0. The molecule has 0 unspecified atom stereocenters. The van der Waals surface area contributed by atoms with Crippen LogP contribution in [0.15, 0.2) is 28.0 Å². The first-order valence-electron chi connectivity index (χ1n) is 3.68. The Labute approximate surface area is 91.2 Å². The van der Waals surface area contributed by atoms with Crippen molar-refractivity contribution in [3.63, 3.8) is 0 Å². The van der Waals surface area contributed by atoms with Crippen molar-refractivity contribution >= 4 is 26.5 Å². The summed E-state index contributed by atoms with van der Waals surface area (Å²) in [5.74, 6) is 0. The maximum absolute atomic E-state index is 10.7. The molecule has 1 aromatic carbocycles. The average molecular weight is 264 g/mol. The first-order chi connectivity index (χ1) is 7.18. The minimum atomic E-state index is -5.01. The zero-order chi connectivity index (χ0) is 12.6. The molecule has 0 spiro atoms. The van der Waals surface area contributed by atoms with Gasteiger partial charge in [-0.3, -0.25) is 4.79 Å². The van der Waals surface area contributed by atoms with Crippen LogP contribution >= 0.6 is 0 Å². The fourth-order valence-electron chi connectivity index (χ4n) is 1.08. The minimum Gasteiger partial charge on any atom is -0.744 e. The standard InChI is InChI=1S/C7H6O7S2/c8-4-5-6(15(9,10)11)2-1-3-7(5)16(12,13)14/h1-4H,(H,9,10,11)(H,12,13,14)/p-2. The Morgan fingerprint density at radius 3 is 1.56 bits per heavy atom. The van der Waals surface area contributed by atoms with Gasteiger partial charge in [0.1, 0.15) is 20.2 Å². The van der Waals surface area contributed by atoms with E-state index in [1.807, 2.05) is 0 Å². The lowest BCUT2D eigenvalue weighted by Crippen LogP contribution is -2.09. The van der Waals surface area contributed by atoms with Gasteiger partial charge in [-0.15, -0.1) is 0 Å². The Morgan fingerprint density at radius 1 is 0.938 bits per heavy atom. The molecule has 16 heavy (non-hydrogen) atoms. The smallest absolute Gasteiger partial charge is 0.152 e. The summed E-state index contributed by atoms with van der Waals surface area (Å²) in [7, 11) is -10.0. The van der Waals surface area contributed by atoms with Crippen LogP contribution in [-0.2, 0) is 20.2 Å². The van der Waals surface area contributed by atoms with Gasteiger partial charge in [0.05, 0.1) is 9.79 Å². The molecule has 0 N–H and O–H groups in total. The maximum Gasteiger partial charge on any atom is 0.152 e. The van der Waals surface area contributed by atoms with Crippen molar-refractivity contribution in [2.45, 2.75) is 9.79 Å². The first kappa shape index (κ1) is 12.8. The largest absolute Gasteiger partial charge is 0.744 e. The van der Waals surface area contributed by atoms with Crippen molar-refractivity contribution in [2.75, 3.05) is 0 Å². The highest BCUT2D eigenvalue weighted by atomic mass is 32.2. The van der Waals surface area contributed by atoms with Crippen LogP contribution < -0.4 is 0 Å². The van der Waals surface area contributed by atoms with Crippen LogP contribution in [0.4, 0.5) is 0 Å². The average Bonchev–Trinajstić information content (AvgIpc) is 2.13. The van der Waals surface area contributed by atoms with Gasteiger partial charge in [-0.25, -0.2) is 16.8 Å². The van der Waals surface area contributed by atoms with Crippen molar-refractivity contribution in [3.05, 3.63) is 23.8 Å². The number of hydrogen-bond acceptors (Lipinski definition) is 7. The van der Waals surface area contributed by atoms with Gasteiger partial charge in [-0.1, -0.05) is 6.07 Å². The Balaban J connectivity index is 3.78. The number of benzene rings is 1. The lowest BCUT2D eigenvalue weighted by Gasteiger charge is -2.14. The SMILES string of the molecule is O=Cc1c(S(=O)(=O)[O-])cccc1S(=O)(=O)[O-]. The summed E-state index contributed by atoms with van der Waals surface area (Å²) in [6.45, 7) is 0. The van der Waals surface area contributed by atoms with Gasteiger partial charge in [0, 0.05) is 5.56 Å². The third-order valence-electron chi connectivity index (χ3n) is 1.68. The molecule has 0 fully saturated rings. The highest BCUT2D eigenvalue weighted by Crippen LogP contribution is 2.21. The molecular weight excluding hydrogens is 260 g/mol. The molecule has 0 aliphatic carbocycles. The molecule has 0 heterocycles. The van der Waals surface area contributed by atoms with Gasteiger partial charge in [0.25, 0.3) is 0 Å². The fourth-order valence-corrected chi connectivity index (χ4v) is 2.49. The Hall–Kier alpha value is -1.29. The van der Waals surface area contributed by atoms with Crippen molar-refractivity contribution in [3.8, 4) is 0 Å². The van der Waals surface area contributed by atoms with Gasteiger partial charge in [0.15, 0.2) is 6.29 Å². The number of hydrogen-bond donors (Lipinski definition) is 0. The molecule has 0 aliphatic heterocycles. The van der Waals surface area contributed by atoms with E-state index in [0.29, 0.717) is 0 Å². The van der Waals surface area contributed by atoms with Crippen LogP contribution in [-0.4, -0.2) is 32.2 Å². The second-order valence-electron chi connectivity index (χ2n) is 2.69. The maximum atomic E-state index is 10.7. The Bertz CT molecular complexity index is 576. The van der Waals surface area contributed by atoms with Crippen LogP contribution in [0.2, 0.25) is 0 Å². The van der Waals surface area contributed by atoms with E-state index in [4.69, 9.17) is 0 Å². The molecule has 0 aromatic heterocycles. The van der Waals surface area contributed by atoms with Crippen LogP contribution in [0.25, 0.3) is 0 Å². The summed E-state index contributed by atoms with van der Waals surface area (Å²) in [4.78, 5) is 8.48. The van der Waals surface area contributed by atoms with E-state index < -0.39 is 35.6 Å². The molecule has 0 saturated carbocycles. The molecule has 0 amide bonds. The normalized spacial score (nSPS) is 12.4. The molecule has 7 nitrogen and oxygen atoms in total. The highest BCUT2D eigenvalue weighted by Gasteiger charge is 2.16. The van der Waals surface area contributed by atoms with Gasteiger partial charge in [-0.05, 0) is 12.1 Å². The summed E-state index contributed by atoms with van der Waals surface area (Å²) in [5.41, 5.74) is -0.937. The van der Waals surface area contributed by atoms with E-state index in [-0.39, 0.29) is 6.29 Å². The number of carbonyl (C=O) groups is 1. The molecule has 9 heteroatoms. The summed E-state index contributed by atoms with van der Waals surface area (Å²) in [5, 5.41) is 0. The molecule has 88 valence electrons. The summed E-state index contributed by atoms with van der Waals surface area (Å²) < 4.78 is 64.1. The van der Waals surface area contributed by atoms with Crippen LogP contribution in [0.1, 0.15) is 10.4 Å². The van der Waals surface area contributed by atoms with E-state index in [0.717, 1.165) is 18.2 Å².